The van der Waals surface area contributed by atoms with Crippen molar-refractivity contribution in [3.05, 3.63) is 29.8 Å². The van der Waals surface area contributed by atoms with E-state index in [9.17, 15) is 9.59 Å². The van der Waals surface area contributed by atoms with Gasteiger partial charge in [-0.1, -0.05) is 25.0 Å². The molecule has 0 aromatic heterocycles. The summed E-state index contributed by atoms with van der Waals surface area (Å²) < 4.78 is 5.19. The van der Waals surface area contributed by atoms with Crippen molar-refractivity contribution in [1.29, 1.82) is 0 Å². The fraction of sp³-hybridized carbons (Fsp3) is 0.529. The van der Waals surface area contributed by atoms with Gasteiger partial charge in [0.15, 0.2) is 0 Å². The number of hydrogen-bond donors (Lipinski definition) is 2. The number of likely N-dealkylation sites (tertiary alicyclic amines) is 1. The fourth-order valence-electron chi connectivity index (χ4n) is 2.93. The predicted octanol–water partition coefficient (Wildman–Crippen LogP) is 1.64. The van der Waals surface area contributed by atoms with Gasteiger partial charge in [0.25, 0.3) is 0 Å². The van der Waals surface area contributed by atoms with Crippen LogP contribution < -0.4 is 15.8 Å². The lowest BCUT2D eigenvalue weighted by Crippen LogP contribution is -2.43. The molecule has 134 valence electrons. The number of amides is 2. The molecule has 2 rings (SSSR count). The van der Waals surface area contributed by atoms with Gasteiger partial charge in [-0.25, -0.2) is 0 Å². The number of nitrogens with one attached hydrogen (secondary N) is 1. The number of methoxy groups -OCH3 is 1. The van der Waals surface area contributed by atoms with E-state index in [1.807, 2.05) is 29.2 Å². The van der Waals surface area contributed by atoms with E-state index in [-0.39, 0.29) is 43.4 Å². The van der Waals surface area contributed by atoms with Crippen LogP contribution in [0.3, 0.4) is 0 Å². The number of rotatable bonds is 5. The summed E-state index contributed by atoms with van der Waals surface area (Å²) in [7, 11) is 1.64. The van der Waals surface area contributed by atoms with E-state index in [1.54, 1.807) is 7.11 Å². The Kier molecular flexibility index (Phi) is 8.57. The maximum atomic E-state index is 12.5. The third kappa shape index (κ3) is 5.39. The summed E-state index contributed by atoms with van der Waals surface area (Å²) in [6, 6.07) is 7.89. The van der Waals surface area contributed by atoms with E-state index in [2.05, 4.69) is 5.32 Å². The standard InChI is InChI=1S/C17H25N3O3.ClH/c1-23-14-8-6-13(7-9-14)15-5-3-2-4-10-20(15)17(22)12-19-16(21)11-18;/h6-9,15H,2-5,10-12,18H2,1H3,(H,19,21);1H. The van der Waals surface area contributed by atoms with E-state index < -0.39 is 0 Å². The number of carbonyl (C=O) groups is 2. The monoisotopic (exact) mass is 355 g/mol. The molecule has 0 saturated carbocycles. The number of ether oxygens (including phenoxy) is 1. The second-order valence-electron chi connectivity index (χ2n) is 5.71. The van der Waals surface area contributed by atoms with Crippen molar-refractivity contribution < 1.29 is 14.3 Å². The number of nitrogens with two attached hydrogens (primary N) is 1. The molecule has 1 saturated heterocycles. The van der Waals surface area contributed by atoms with Crippen LogP contribution in [0.2, 0.25) is 0 Å². The summed E-state index contributed by atoms with van der Waals surface area (Å²) in [5.41, 5.74) is 6.36. The van der Waals surface area contributed by atoms with Crippen molar-refractivity contribution in [2.24, 2.45) is 5.73 Å². The molecule has 1 fully saturated rings. The Balaban J connectivity index is 0.00000288. The van der Waals surface area contributed by atoms with E-state index in [0.29, 0.717) is 6.54 Å². The molecule has 1 aliphatic heterocycles. The van der Waals surface area contributed by atoms with E-state index in [0.717, 1.165) is 37.0 Å². The van der Waals surface area contributed by atoms with Gasteiger partial charge in [0.2, 0.25) is 11.8 Å². The molecule has 1 aliphatic rings. The lowest BCUT2D eigenvalue weighted by Gasteiger charge is -2.30. The molecule has 0 radical (unpaired) electrons. The first kappa shape index (κ1) is 20.3. The minimum atomic E-state index is -0.311. The second-order valence-corrected chi connectivity index (χ2v) is 5.71. The largest absolute Gasteiger partial charge is 0.497 e. The quantitative estimate of drug-likeness (QED) is 0.840. The average molecular weight is 356 g/mol. The van der Waals surface area contributed by atoms with Crippen molar-refractivity contribution in [3.8, 4) is 5.75 Å². The zero-order chi connectivity index (χ0) is 16.7. The average Bonchev–Trinajstić information content (AvgIpc) is 2.85. The van der Waals surface area contributed by atoms with E-state index in [4.69, 9.17) is 10.5 Å². The molecule has 3 N–H and O–H groups in total. The van der Waals surface area contributed by atoms with Gasteiger partial charge in [-0.2, -0.15) is 0 Å². The highest BCUT2D eigenvalue weighted by atomic mass is 35.5. The third-order valence-electron chi connectivity index (χ3n) is 4.20. The number of hydrogen-bond acceptors (Lipinski definition) is 4. The Morgan fingerprint density at radius 1 is 1.25 bits per heavy atom. The molecule has 0 spiro atoms. The van der Waals surface area contributed by atoms with Crippen molar-refractivity contribution >= 4 is 24.2 Å². The molecule has 1 aromatic rings. The zero-order valence-electron chi connectivity index (χ0n) is 14.0. The van der Waals surface area contributed by atoms with Crippen LogP contribution in [0.4, 0.5) is 0 Å². The highest BCUT2D eigenvalue weighted by Crippen LogP contribution is 2.31. The van der Waals surface area contributed by atoms with Gasteiger partial charge < -0.3 is 20.7 Å². The fourth-order valence-corrected chi connectivity index (χ4v) is 2.93. The topological polar surface area (TPSA) is 84.7 Å². The third-order valence-corrected chi connectivity index (χ3v) is 4.20. The molecular weight excluding hydrogens is 330 g/mol. The predicted molar refractivity (Wildman–Crippen MR) is 95.2 cm³/mol. The highest BCUT2D eigenvalue weighted by molar-refractivity contribution is 5.86. The molecule has 24 heavy (non-hydrogen) atoms. The van der Waals surface area contributed by atoms with Crippen molar-refractivity contribution in [3.63, 3.8) is 0 Å². The maximum Gasteiger partial charge on any atom is 0.242 e. The highest BCUT2D eigenvalue weighted by Gasteiger charge is 2.26. The normalized spacial score (nSPS) is 17.4. The minimum absolute atomic E-state index is 0. The van der Waals surface area contributed by atoms with E-state index in [1.165, 1.54) is 0 Å². The summed E-state index contributed by atoms with van der Waals surface area (Å²) in [5, 5.41) is 2.56. The van der Waals surface area contributed by atoms with Crippen LogP contribution in [0.25, 0.3) is 0 Å². The van der Waals surface area contributed by atoms with Gasteiger partial charge in [-0.05, 0) is 30.5 Å². The van der Waals surface area contributed by atoms with Crippen LogP contribution in [-0.2, 0) is 9.59 Å². The zero-order valence-corrected chi connectivity index (χ0v) is 14.8. The summed E-state index contributed by atoms with van der Waals surface area (Å²) >= 11 is 0. The maximum absolute atomic E-state index is 12.5. The van der Waals surface area contributed by atoms with Gasteiger partial charge in [0.05, 0.1) is 26.2 Å². The number of nitrogens with zero attached hydrogens (tertiary/aromatic N) is 1. The first-order valence-electron chi connectivity index (χ1n) is 8.06. The summed E-state index contributed by atoms with van der Waals surface area (Å²) in [4.78, 5) is 25.7. The van der Waals surface area contributed by atoms with E-state index >= 15 is 0 Å². The van der Waals surface area contributed by atoms with Crippen molar-refractivity contribution in [2.75, 3.05) is 26.7 Å². The van der Waals surface area contributed by atoms with Crippen LogP contribution in [0.1, 0.15) is 37.3 Å². The van der Waals surface area contributed by atoms with Crippen molar-refractivity contribution in [1.82, 2.24) is 10.2 Å². The van der Waals surface area contributed by atoms with Crippen LogP contribution in [0.5, 0.6) is 5.75 Å². The molecule has 1 atom stereocenters. The van der Waals surface area contributed by atoms with Crippen LogP contribution >= 0.6 is 12.4 Å². The molecule has 7 heteroatoms. The lowest BCUT2D eigenvalue weighted by atomic mass is 10.0. The number of benzene rings is 1. The molecule has 1 aromatic carbocycles. The van der Waals surface area contributed by atoms with Gasteiger partial charge in [-0.3, -0.25) is 9.59 Å². The van der Waals surface area contributed by atoms with Gasteiger partial charge >= 0.3 is 0 Å². The Hall–Kier alpha value is -1.79. The molecular formula is C17H26ClN3O3. The molecule has 0 bridgehead atoms. The Morgan fingerprint density at radius 2 is 1.96 bits per heavy atom. The SMILES string of the molecule is COc1ccc(C2CCCCCN2C(=O)CNC(=O)CN)cc1.Cl. The molecule has 2 amide bonds. The summed E-state index contributed by atoms with van der Waals surface area (Å²) in [5.74, 6) is 0.430. The molecule has 0 aliphatic carbocycles. The number of carbonyl (C=O) groups excluding carboxylic acids is 2. The van der Waals surface area contributed by atoms with Gasteiger partial charge in [0.1, 0.15) is 5.75 Å². The molecule has 1 unspecified atom stereocenters. The number of halogens is 1. The van der Waals surface area contributed by atoms with Gasteiger partial charge in [0, 0.05) is 6.54 Å². The van der Waals surface area contributed by atoms with Crippen LogP contribution in [-0.4, -0.2) is 43.5 Å². The first-order chi connectivity index (χ1) is 11.2. The Labute approximate surface area is 149 Å². The van der Waals surface area contributed by atoms with Crippen molar-refractivity contribution in [2.45, 2.75) is 31.7 Å². The van der Waals surface area contributed by atoms with Crippen LogP contribution in [0, 0.1) is 0 Å². The summed E-state index contributed by atoms with van der Waals surface area (Å²) in [6.07, 6.45) is 4.13. The minimum Gasteiger partial charge on any atom is -0.497 e. The second kappa shape index (κ2) is 10.2. The lowest BCUT2D eigenvalue weighted by molar-refractivity contribution is -0.134. The van der Waals surface area contributed by atoms with Gasteiger partial charge in [-0.15, -0.1) is 12.4 Å². The molecule has 6 nitrogen and oxygen atoms in total. The smallest absolute Gasteiger partial charge is 0.242 e. The summed E-state index contributed by atoms with van der Waals surface area (Å²) in [6.45, 7) is 0.617. The Bertz CT molecular complexity index is 536. The first-order valence-corrected chi connectivity index (χ1v) is 8.06. The molecule has 1 heterocycles. The van der Waals surface area contributed by atoms with Crippen LogP contribution in [0.15, 0.2) is 24.3 Å². The Morgan fingerprint density at radius 3 is 2.58 bits per heavy atom.